The average molecular weight is 449 g/mol. The van der Waals surface area contributed by atoms with Crippen LogP contribution in [0.4, 0.5) is 23.0 Å². The third-order valence-electron chi connectivity index (χ3n) is 6.31. The number of nitrogens with one attached hydrogen (secondary N) is 3. The standard InChI is InChI=1S/C25H32N6O2/c1-15-8-10-31(11-9-15)20-6-4-19(5-7-20)28-25-21(23(26)33)24(29-30-25)27-14-18-12-16(2)22(32)17(3)13-18/h4-7,12-13,15,32H,8-11,14H2,1-3H3,(H2,26,33)(H3,27,28,29,30). The Morgan fingerprint density at radius 1 is 1.18 bits per heavy atom. The van der Waals surface area contributed by atoms with Gasteiger partial charge in [0.05, 0.1) is 0 Å². The van der Waals surface area contributed by atoms with Gasteiger partial charge < -0.3 is 26.4 Å². The second-order valence-electron chi connectivity index (χ2n) is 8.96. The second-order valence-corrected chi connectivity index (χ2v) is 8.96. The number of aryl methyl sites for hydroxylation is 2. The lowest BCUT2D eigenvalue weighted by Gasteiger charge is -2.32. The van der Waals surface area contributed by atoms with Gasteiger partial charge in [-0.1, -0.05) is 19.1 Å². The molecule has 6 N–H and O–H groups in total. The van der Waals surface area contributed by atoms with Gasteiger partial charge in [-0.25, -0.2) is 0 Å². The Labute approximate surface area is 194 Å². The minimum absolute atomic E-state index is 0.274. The smallest absolute Gasteiger partial charge is 0.256 e. The van der Waals surface area contributed by atoms with Crippen molar-refractivity contribution in [3.8, 4) is 5.75 Å². The van der Waals surface area contributed by atoms with Gasteiger partial charge in [0.1, 0.15) is 17.1 Å². The zero-order chi connectivity index (χ0) is 23.5. The molecular weight excluding hydrogens is 416 g/mol. The van der Waals surface area contributed by atoms with Gasteiger partial charge in [-0.15, -0.1) is 0 Å². The number of phenolic OH excluding ortho intramolecular Hbond substituents is 1. The molecule has 8 heteroatoms. The largest absolute Gasteiger partial charge is 0.507 e. The van der Waals surface area contributed by atoms with Crippen LogP contribution in [-0.2, 0) is 6.54 Å². The van der Waals surface area contributed by atoms with Crippen LogP contribution in [0.25, 0.3) is 0 Å². The van der Waals surface area contributed by atoms with E-state index in [0.29, 0.717) is 23.9 Å². The monoisotopic (exact) mass is 448 g/mol. The van der Waals surface area contributed by atoms with Crippen LogP contribution in [0.5, 0.6) is 5.75 Å². The second kappa shape index (κ2) is 9.44. The highest BCUT2D eigenvalue weighted by atomic mass is 16.3. The molecule has 0 spiro atoms. The summed E-state index contributed by atoms with van der Waals surface area (Å²) in [5, 5.41) is 23.5. The molecule has 1 aliphatic rings. The fourth-order valence-corrected chi connectivity index (χ4v) is 4.30. The first-order chi connectivity index (χ1) is 15.8. The molecule has 3 aromatic rings. The number of hydrogen-bond acceptors (Lipinski definition) is 6. The third-order valence-corrected chi connectivity index (χ3v) is 6.31. The molecule has 0 radical (unpaired) electrons. The van der Waals surface area contributed by atoms with Gasteiger partial charge in [0.15, 0.2) is 5.82 Å². The molecular formula is C25H32N6O2. The molecule has 174 valence electrons. The van der Waals surface area contributed by atoms with Crippen LogP contribution in [0.1, 0.15) is 46.8 Å². The summed E-state index contributed by atoms with van der Waals surface area (Å²) in [7, 11) is 0. The van der Waals surface area contributed by atoms with Crippen molar-refractivity contribution >= 4 is 28.9 Å². The summed E-state index contributed by atoms with van der Waals surface area (Å²) in [5.74, 6) is 1.34. The highest BCUT2D eigenvalue weighted by molar-refractivity contribution is 6.03. The molecule has 1 aromatic heterocycles. The molecule has 8 nitrogen and oxygen atoms in total. The number of carbonyl (C=O) groups excluding carboxylic acids is 1. The van der Waals surface area contributed by atoms with Crippen molar-refractivity contribution in [2.75, 3.05) is 28.6 Å². The van der Waals surface area contributed by atoms with Crippen LogP contribution in [0, 0.1) is 19.8 Å². The number of aromatic hydroxyl groups is 1. The molecule has 4 rings (SSSR count). The Morgan fingerprint density at radius 3 is 2.42 bits per heavy atom. The summed E-state index contributed by atoms with van der Waals surface area (Å²) >= 11 is 0. The topological polar surface area (TPSA) is 119 Å². The van der Waals surface area contributed by atoms with Crippen molar-refractivity contribution < 1.29 is 9.90 Å². The number of rotatable bonds is 7. The van der Waals surface area contributed by atoms with E-state index in [1.807, 2.05) is 38.1 Å². The molecule has 2 aromatic carbocycles. The van der Waals surface area contributed by atoms with Gasteiger partial charge >= 0.3 is 0 Å². The molecule has 0 atom stereocenters. The van der Waals surface area contributed by atoms with Crippen molar-refractivity contribution in [3.05, 3.63) is 58.7 Å². The molecule has 1 aliphatic heterocycles. The lowest BCUT2D eigenvalue weighted by Crippen LogP contribution is -2.32. The van der Waals surface area contributed by atoms with Crippen molar-refractivity contribution in [1.29, 1.82) is 0 Å². The Balaban J connectivity index is 1.46. The Morgan fingerprint density at radius 2 is 1.82 bits per heavy atom. The van der Waals surface area contributed by atoms with Gasteiger partial charge in [-0.2, -0.15) is 5.10 Å². The number of nitrogens with two attached hydrogens (primary N) is 1. The van der Waals surface area contributed by atoms with E-state index in [9.17, 15) is 9.90 Å². The normalized spacial score (nSPS) is 14.3. The predicted molar refractivity (Wildman–Crippen MR) is 132 cm³/mol. The molecule has 0 saturated carbocycles. The first-order valence-electron chi connectivity index (χ1n) is 11.3. The number of anilines is 4. The number of piperidine rings is 1. The lowest BCUT2D eigenvalue weighted by molar-refractivity contribution is 0.100. The van der Waals surface area contributed by atoms with Gasteiger partial charge in [-0.3, -0.25) is 9.89 Å². The number of phenols is 1. The van der Waals surface area contributed by atoms with Crippen molar-refractivity contribution in [2.45, 2.75) is 40.2 Å². The summed E-state index contributed by atoms with van der Waals surface area (Å²) in [6.07, 6.45) is 2.43. The Hall–Kier alpha value is -3.68. The SMILES string of the molecule is Cc1cc(CNc2n[nH]c(Nc3ccc(N4CCC(C)CC4)cc3)c2C(N)=O)cc(C)c1O. The number of H-pyrrole nitrogens is 1. The molecule has 0 bridgehead atoms. The number of amides is 1. The van der Waals surface area contributed by atoms with E-state index < -0.39 is 5.91 Å². The van der Waals surface area contributed by atoms with Gasteiger partial charge in [0.25, 0.3) is 5.91 Å². The molecule has 2 heterocycles. The molecule has 1 amide bonds. The van der Waals surface area contributed by atoms with Crippen LogP contribution in [0.15, 0.2) is 36.4 Å². The van der Waals surface area contributed by atoms with Crippen LogP contribution in [0.3, 0.4) is 0 Å². The number of benzene rings is 2. The molecule has 1 saturated heterocycles. The molecule has 1 fully saturated rings. The van der Waals surface area contributed by atoms with Crippen molar-refractivity contribution in [2.24, 2.45) is 11.7 Å². The summed E-state index contributed by atoms with van der Waals surface area (Å²) in [4.78, 5) is 14.6. The van der Waals surface area contributed by atoms with E-state index in [-0.39, 0.29) is 5.56 Å². The number of carbonyl (C=O) groups is 1. The first kappa shape index (κ1) is 22.5. The minimum atomic E-state index is -0.578. The van der Waals surface area contributed by atoms with Gasteiger partial charge in [-0.05, 0) is 73.6 Å². The van der Waals surface area contributed by atoms with E-state index >= 15 is 0 Å². The van der Waals surface area contributed by atoms with E-state index in [2.05, 4.69) is 44.8 Å². The average Bonchev–Trinajstić information content (AvgIpc) is 3.19. The summed E-state index contributed by atoms with van der Waals surface area (Å²) in [6.45, 7) is 8.62. The predicted octanol–water partition coefficient (Wildman–Crippen LogP) is 4.42. The van der Waals surface area contributed by atoms with E-state index in [0.717, 1.165) is 41.4 Å². The molecule has 0 aliphatic carbocycles. The van der Waals surface area contributed by atoms with Gasteiger partial charge in [0.2, 0.25) is 0 Å². The van der Waals surface area contributed by atoms with Crippen LogP contribution < -0.4 is 21.3 Å². The minimum Gasteiger partial charge on any atom is -0.507 e. The zero-order valence-corrected chi connectivity index (χ0v) is 19.4. The fraction of sp³-hybridized carbons (Fsp3) is 0.360. The lowest BCUT2D eigenvalue weighted by atomic mass is 9.99. The maximum absolute atomic E-state index is 12.2. The summed E-state index contributed by atoms with van der Waals surface area (Å²) < 4.78 is 0. The molecule has 0 unspecified atom stereocenters. The fourth-order valence-electron chi connectivity index (χ4n) is 4.30. The quantitative estimate of drug-likeness (QED) is 0.365. The number of hydrogen-bond donors (Lipinski definition) is 5. The zero-order valence-electron chi connectivity index (χ0n) is 19.4. The van der Waals surface area contributed by atoms with Crippen LogP contribution in [-0.4, -0.2) is 34.3 Å². The van der Waals surface area contributed by atoms with Crippen molar-refractivity contribution in [3.63, 3.8) is 0 Å². The Bertz CT molecular complexity index is 1110. The first-order valence-corrected chi connectivity index (χ1v) is 11.3. The van der Waals surface area contributed by atoms with Gasteiger partial charge in [0, 0.05) is 31.0 Å². The maximum atomic E-state index is 12.2. The van der Waals surface area contributed by atoms with Crippen LogP contribution in [0.2, 0.25) is 0 Å². The third kappa shape index (κ3) is 5.05. The number of aromatic nitrogens is 2. The van der Waals surface area contributed by atoms with E-state index in [1.165, 1.54) is 18.5 Å². The molecule has 33 heavy (non-hydrogen) atoms. The van der Waals surface area contributed by atoms with E-state index in [1.54, 1.807) is 0 Å². The summed E-state index contributed by atoms with van der Waals surface area (Å²) in [5.41, 5.74) is 10.6. The maximum Gasteiger partial charge on any atom is 0.256 e. The Kier molecular flexibility index (Phi) is 6.44. The number of aromatic amines is 1. The van der Waals surface area contributed by atoms with Crippen LogP contribution >= 0.6 is 0 Å². The van der Waals surface area contributed by atoms with Crippen molar-refractivity contribution in [1.82, 2.24) is 10.2 Å². The highest BCUT2D eigenvalue weighted by Crippen LogP contribution is 2.28. The summed E-state index contributed by atoms with van der Waals surface area (Å²) in [6, 6.07) is 12.0. The highest BCUT2D eigenvalue weighted by Gasteiger charge is 2.19. The number of primary amides is 1. The number of nitrogens with zero attached hydrogens (tertiary/aromatic N) is 2. The van der Waals surface area contributed by atoms with E-state index in [4.69, 9.17) is 5.73 Å².